The highest BCUT2D eigenvalue weighted by Gasteiger charge is 2.20. The van der Waals surface area contributed by atoms with Gasteiger partial charge in [-0.05, 0) is 62.6 Å². The molecule has 0 bridgehead atoms. The lowest BCUT2D eigenvalue weighted by molar-refractivity contribution is -0.121. The summed E-state index contributed by atoms with van der Waals surface area (Å²) in [5.41, 5.74) is 11.4. The van der Waals surface area contributed by atoms with Crippen LogP contribution in [0.15, 0.2) is 73.3 Å². The largest absolute Gasteiger partial charge is 0.487 e. The lowest BCUT2D eigenvalue weighted by atomic mass is 10.2. The number of hydrogen-bond acceptors (Lipinski definition) is 8. The molecule has 0 saturated heterocycles. The van der Waals surface area contributed by atoms with Gasteiger partial charge in [0.1, 0.15) is 18.9 Å². The molecule has 0 fully saturated rings. The summed E-state index contributed by atoms with van der Waals surface area (Å²) in [6.07, 6.45) is 1.48. The van der Waals surface area contributed by atoms with Gasteiger partial charge >= 0.3 is 0 Å². The molecule has 3 N–H and O–H groups in total. The number of anilines is 1. The van der Waals surface area contributed by atoms with Crippen molar-refractivity contribution in [3.63, 3.8) is 0 Å². The van der Waals surface area contributed by atoms with E-state index in [2.05, 4.69) is 57.7 Å². The number of carbonyl (C=O) groups is 1. The number of carbonyl (C=O) groups excluding carboxylic acids is 1. The highest BCUT2D eigenvalue weighted by atomic mass is 79.9. The molecule has 198 valence electrons. The third-order valence-corrected chi connectivity index (χ3v) is 7.13. The highest BCUT2D eigenvalue weighted by molar-refractivity contribution is 9.11. The molecular formula is C25H17Br2Cl2N7O3. The Labute approximate surface area is 248 Å². The maximum absolute atomic E-state index is 12.9. The van der Waals surface area contributed by atoms with E-state index in [0.717, 1.165) is 10.0 Å². The fraction of sp³-hybridized carbons (Fsp3) is 0.0800. The predicted molar refractivity (Wildman–Crippen MR) is 156 cm³/mol. The van der Waals surface area contributed by atoms with Crippen molar-refractivity contribution >= 4 is 84.0 Å². The van der Waals surface area contributed by atoms with Crippen LogP contribution in [0.5, 0.6) is 5.75 Å². The molecule has 0 atom stereocenters. The molecule has 3 aromatic carbocycles. The zero-order valence-electron chi connectivity index (χ0n) is 19.7. The Bertz CT molecular complexity index is 1720. The van der Waals surface area contributed by atoms with Crippen LogP contribution in [0, 0.1) is 0 Å². The van der Waals surface area contributed by atoms with Gasteiger partial charge < -0.3 is 15.0 Å². The van der Waals surface area contributed by atoms with Gasteiger partial charge in [0.05, 0.1) is 21.7 Å². The molecule has 5 rings (SSSR count). The fourth-order valence-corrected chi connectivity index (χ4v) is 5.57. The maximum Gasteiger partial charge on any atom is 0.260 e. The van der Waals surface area contributed by atoms with Gasteiger partial charge in [-0.1, -0.05) is 57.3 Å². The number of hydrogen-bond donors (Lipinski definition) is 2. The van der Waals surface area contributed by atoms with E-state index in [9.17, 15) is 4.79 Å². The number of ether oxygens (including phenoxy) is 1. The van der Waals surface area contributed by atoms with Gasteiger partial charge in [0.2, 0.25) is 0 Å². The second kappa shape index (κ2) is 11.7. The van der Waals surface area contributed by atoms with E-state index in [4.69, 9.17) is 38.3 Å². The number of nitrogens with two attached hydrogens (primary N) is 1. The average molecular weight is 694 g/mol. The van der Waals surface area contributed by atoms with Crippen molar-refractivity contribution in [3.8, 4) is 17.3 Å². The number of para-hydroxylation sites is 2. The van der Waals surface area contributed by atoms with Crippen molar-refractivity contribution < 1.29 is 14.2 Å². The van der Waals surface area contributed by atoms with Crippen LogP contribution < -0.4 is 15.9 Å². The first-order valence-electron chi connectivity index (χ1n) is 11.2. The third-order valence-electron chi connectivity index (χ3n) is 5.50. The minimum absolute atomic E-state index is 0.0673. The van der Waals surface area contributed by atoms with Crippen molar-refractivity contribution in [1.82, 2.24) is 25.3 Å². The summed E-state index contributed by atoms with van der Waals surface area (Å²) in [4.78, 5) is 17.4. The topological polar surface area (TPSA) is 133 Å². The van der Waals surface area contributed by atoms with E-state index in [1.807, 2.05) is 30.3 Å². The van der Waals surface area contributed by atoms with E-state index in [0.29, 0.717) is 42.7 Å². The van der Waals surface area contributed by atoms with Gasteiger partial charge in [0.25, 0.3) is 5.91 Å². The van der Waals surface area contributed by atoms with E-state index >= 15 is 0 Å². The van der Waals surface area contributed by atoms with Crippen LogP contribution in [-0.4, -0.2) is 32.0 Å². The van der Waals surface area contributed by atoms with Gasteiger partial charge in [0, 0.05) is 25.6 Å². The molecule has 1 amide bonds. The number of hydrazone groups is 1. The molecule has 0 aliphatic carbocycles. The molecule has 5 aromatic rings. The number of amides is 1. The molecular weight excluding hydrogens is 677 g/mol. The van der Waals surface area contributed by atoms with E-state index in [-0.39, 0.29) is 24.7 Å². The van der Waals surface area contributed by atoms with Gasteiger partial charge in [-0.2, -0.15) is 5.10 Å². The van der Waals surface area contributed by atoms with Crippen molar-refractivity contribution in [2.45, 2.75) is 13.2 Å². The molecule has 2 heterocycles. The number of halogens is 4. The van der Waals surface area contributed by atoms with Crippen molar-refractivity contribution in [1.29, 1.82) is 0 Å². The zero-order valence-corrected chi connectivity index (χ0v) is 24.4. The molecule has 0 unspecified atom stereocenters. The van der Waals surface area contributed by atoms with Gasteiger partial charge in [-0.25, -0.2) is 15.0 Å². The molecule has 0 aliphatic rings. The number of benzene rings is 3. The number of nitrogens with one attached hydrogen (secondary N) is 1. The fourth-order valence-electron chi connectivity index (χ4n) is 3.74. The third kappa shape index (κ3) is 6.09. The first-order valence-corrected chi connectivity index (χ1v) is 13.6. The normalized spacial score (nSPS) is 11.4. The van der Waals surface area contributed by atoms with Crippen LogP contribution in [0.2, 0.25) is 10.0 Å². The van der Waals surface area contributed by atoms with Crippen LogP contribution in [-0.2, 0) is 17.9 Å². The quantitative estimate of drug-likeness (QED) is 0.145. The monoisotopic (exact) mass is 691 g/mol. The second-order valence-electron chi connectivity index (χ2n) is 8.13. The van der Waals surface area contributed by atoms with Gasteiger partial charge in [-0.3, -0.25) is 4.79 Å². The molecule has 14 heteroatoms. The van der Waals surface area contributed by atoms with Crippen molar-refractivity contribution in [2.75, 3.05) is 5.73 Å². The highest BCUT2D eigenvalue weighted by Crippen LogP contribution is 2.33. The Morgan fingerprint density at radius 1 is 1.15 bits per heavy atom. The number of nitrogens with zero attached hydrogens (tertiary/aromatic N) is 5. The Balaban J connectivity index is 1.34. The summed E-state index contributed by atoms with van der Waals surface area (Å²) in [7, 11) is 0. The van der Waals surface area contributed by atoms with Gasteiger partial charge in [-0.15, -0.1) is 0 Å². The molecule has 39 heavy (non-hydrogen) atoms. The summed E-state index contributed by atoms with van der Waals surface area (Å²) >= 11 is 19.3. The summed E-state index contributed by atoms with van der Waals surface area (Å²) in [5, 5.41) is 12.6. The minimum Gasteiger partial charge on any atom is -0.487 e. The number of rotatable bonds is 8. The number of aromatic nitrogens is 4. The SMILES string of the molecule is Nc1nonc1-c1nc2ccccc2n1CC(=O)N/N=C\c1cc(Br)cc(Br)c1OCc1ccc(Cl)cc1Cl. The summed E-state index contributed by atoms with van der Waals surface area (Å²) in [6, 6.07) is 16.2. The summed E-state index contributed by atoms with van der Waals surface area (Å²) < 4.78 is 13.9. The second-order valence-corrected chi connectivity index (χ2v) is 10.7. The standard InChI is InChI=1S/C25H17Br2Cl2N7O3/c26-15-7-14(23(17(27)8-15)38-12-13-5-6-16(28)9-18(13)29)10-31-33-21(37)11-36-20-4-2-1-3-19(20)32-25(36)22-24(30)35-39-34-22/h1-10H,11-12H2,(H2,30,35)(H,33,37)/b31-10-. The molecule has 0 spiro atoms. The lowest BCUT2D eigenvalue weighted by Crippen LogP contribution is -2.23. The molecule has 10 nitrogen and oxygen atoms in total. The van der Waals surface area contributed by atoms with Crippen LogP contribution in [0.4, 0.5) is 5.82 Å². The average Bonchev–Trinajstić information content (AvgIpc) is 3.47. The van der Waals surface area contributed by atoms with Crippen LogP contribution in [0.25, 0.3) is 22.6 Å². The molecule has 0 saturated carbocycles. The maximum atomic E-state index is 12.9. The van der Waals surface area contributed by atoms with Crippen LogP contribution >= 0.6 is 55.1 Å². The first-order chi connectivity index (χ1) is 18.8. The number of fused-ring (bicyclic) bond motifs is 1. The summed E-state index contributed by atoms with van der Waals surface area (Å²) in [6.45, 7) is 0.0834. The van der Waals surface area contributed by atoms with Crippen molar-refractivity contribution in [3.05, 3.63) is 84.7 Å². The number of imidazole rings is 1. The van der Waals surface area contributed by atoms with E-state index < -0.39 is 5.91 Å². The molecule has 2 aromatic heterocycles. The molecule has 0 radical (unpaired) electrons. The number of nitrogen functional groups attached to an aromatic ring is 1. The Hall–Kier alpha value is -3.45. The van der Waals surface area contributed by atoms with Crippen LogP contribution in [0.3, 0.4) is 0 Å². The first kappa shape index (κ1) is 27.1. The Morgan fingerprint density at radius 3 is 2.74 bits per heavy atom. The lowest BCUT2D eigenvalue weighted by Gasteiger charge is -2.13. The Kier molecular flexibility index (Phi) is 8.17. The van der Waals surface area contributed by atoms with E-state index in [1.54, 1.807) is 28.8 Å². The predicted octanol–water partition coefficient (Wildman–Crippen LogP) is 6.23. The van der Waals surface area contributed by atoms with Crippen molar-refractivity contribution in [2.24, 2.45) is 5.10 Å². The van der Waals surface area contributed by atoms with E-state index in [1.165, 1.54) is 6.21 Å². The molecule has 0 aliphatic heterocycles. The van der Waals surface area contributed by atoms with Crippen LogP contribution in [0.1, 0.15) is 11.1 Å². The Morgan fingerprint density at radius 2 is 1.97 bits per heavy atom. The minimum atomic E-state index is -0.407. The smallest absolute Gasteiger partial charge is 0.260 e. The zero-order chi connectivity index (χ0) is 27.5. The van der Waals surface area contributed by atoms with Gasteiger partial charge in [0.15, 0.2) is 17.3 Å². The summed E-state index contributed by atoms with van der Waals surface area (Å²) in [5.74, 6) is 0.522.